The molecule has 0 spiro atoms. The van der Waals surface area contributed by atoms with Gasteiger partial charge in [0.1, 0.15) is 12.1 Å². The second-order valence-electron chi connectivity index (χ2n) is 5.76. The first-order valence-electron chi connectivity index (χ1n) is 7.53. The van der Waals surface area contributed by atoms with Crippen molar-refractivity contribution in [3.8, 4) is 0 Å². The number of nitrogens with zero attached hydrogens (tertiary/aromatic N) is 5. The minimum Gasteiger partial charge on any atom is -0.354 e. The molecule has 0 amide bonds. The molecule has 3 heterocycles. The number of anilines is 1. The highest BCUT2D eigenvalue weighted by Crippen LogP contribution is 2.14. The summed E-state index contributed by atoms with van der Waals surface area (Å²) in [5.41, 5.74) is 2.12. The van der Waals surface area contributed by atoms with Crippen molar-refractivity contribution in [3.63, 3.8) is 0 Å². The fourth-order valence-electron chi connectivity index (χ4n) is 2.69. The van der Waals surface area contributed by atoms with E-state index in [1.807, 2.05) is 25.3 Å². The van der Waals surface area contributed by atoms with Crippen LogP contribution in [0.25, 0.3) is 0 Å². The quantitative estimate of drug-likeness (QED) is 0.839. The van der Waals surface area contributed by atoms with E-state index in [0.717, 1.165) is 49.8 Å². The van der Waals surface area contributed by atoms with Crippen LogP contribution < -0.4 is 10.5 Å². The number of piperazine rings is 1. The lowest BCUT2D eigenvalue weighted by molar-refractivity contribution is 0.249. The van der Waals surface area contributed by atoms with Crippen LogP contribution in [0.15, 0.2) is 35.5 Å². The molecule has 0 bridgehead atoms. The molecule has 0 aromatic carbocycles. The Kier molecular flexibility index (Phi) is 4.20. The number of aromatic nitrogens is 3. The number of hydrogen-bond donors (Lipinski definition) is 0. The lowest BCUT2D eigenvalue weighted by Crippen LogP contribution is -2.46. The molecule has 1 saturated heterocycles. The lowest BCUT2D eigenvalue weighted by atomic mass is 10.2. The predicted molar refractivity (Wildman–Crippen MR) is 85.9 cm³/mol. The van der Waals surface area contributed by atoms with E-state index in [-0.39, 0.29) is 5.56 Å². The Morgan fingerprint density at radius 3 is 2.59 bits per heavy atom. The maximum absolute atomic E-state index is 11.7. The second-order valence-corrected chi connectivity index (χ2v) is 5.76. The first-order valence-corrected chi connectivity index (χ1v) is 7.53. The summed E-state index contributed by atoms with van der Waals surface area (Å²) in [6, 6.07) is 5.76. The van der Waals surface area contributed by atoms with E-state index in [2.05, 4.69) is 19.8 Å². The minimum absolute atomic E-state index is 0.0487. The van der Waals surface area contributed by atoms with Crippen LogP contribution in [0.3, 0.4) is 0 Å². The van der Waals surface area contributed by atoms with Crippen LogP contribution in [0.2, 0.25) is 0 Å². The molecular formula is C16H21N5O. The SMILES string of the molecule is Cc1cc(N2CCN(Cc3ccn(C)c(=O)c3)CC2)ncn1. The van der Waals surface area contributed by atoms with Crippen molar-refractivity contribution in [3.05, 3.63) is 52.3 Å². The maximum atomic E-state index is 11.7. The van der Waals surface area contributed by atoms with Crippen LogP contribution in [-0.2, 0) is 13.6 Å². The summed E-state index contributed by atoms with van der Waals surface area (Å²) in [5, 5.41) is 0. The first kappa shape index (κ1) is 14.7. The van der Waals surface area contributed by atoms with Crippen molar-refractivity contribution >= 4 is 5.82 Å². The van der Waals surface area contributed by atoms with Crippen LogP contribution in [0.5, 0.6) is 0 Å². The lowest BCUT2D eigenvalue weighted by Gasteiger charge is -2.35. The highest BCUT2D eigenvalue weighted by Gasteiger charge is 2.18. The zero-order valence-electron chi connectivity index (χ0n) is 13.1. The average molecular weight is 299 g/mol. The summed E-state index contributed by atoms with van der Waals surface area (Å²) < 4.78 is 1.60. The molecule has 22 heavy (non-hydrogen) atoms. The van der Waals surface area contributed by atoms with Gasteiger partial charge in [0.05, 0.1) is 0 Å². The number of aryl methyl sites for hydroxylation is 2. The average Bonchev–Trinajstić information content (AvgIpc) is 2.52. The van der Waals surface area contributed by atoms with Gasteiger partial charge in [-0.15, -0.1) is 0 Å². The van der Waals surface area contributed by atoms with E-state index < -0.39 is 0 Å². The third-order valence-electron chi connectivity index (χ3n) is 4.06. The normalized spacial score (nSPS) is 16.0. The van der Waals surface area contributed by atoms with Gasteiger partial charge >= 0.3 is 0 Å². The summed E-state index contributed by atoms with van der Waals surface area (Å²) in [5.74, 6) is 1.00. The highest BCUT2D eigenvalue weighted by atomic mass is 16.1. The smallest absolute Gasteiger partial charge is 0.250 e. The summed E-state index contributed by atoms with van der Waals surface area (Å²) >= 11 is 0. The van der Waals surface area contributed by atoms with Crippen molar-refractivity contribution in [1.29, 1.82) is 0 Å². The van der Waals surface area contributed by atoms with Crippen LogP contribution >= 0.6 is 0 Å². The van der Waals surface area contributed by atoms with Crippen LogP contribution in [0, 0.1) is 6.92 Å². The predicted octanol–water partition coefficient (Wildman–Crippen LogP) is 0.806. The van der Waals surface area contributed by atoms with Gasteiger partial charge in [0, 0.05) is 63.8 Å². The topological polar surface area (TPSA) is 54.3 Å². The van der Waals surface area contributed by atoms with E-state index in [1.54, 1.807) is 24.0 Å². The van der Waals surface area contributed by atoms with Gasteiger partial charge in [-0.1, -0.05) is 0 Å². The van der Waals surface area contributed by atoms with Gasteiger partial charge in [0.2, 0.25) is 0 Å². The Balaban J connectivity index is 1.59. The van der Waals surface area contributed by atoms with Crippen LogP contribution in [-0.4, -0.2) is 45.6 Å². The highest BCUT2D eigenvalue weighted by molar-refractivity contribution is 5.39. The number of pyridine rings is 1. The number of hydrogen-bond acceptors (Lipinski definition) is 5. The Hall–Kier alpha value is -2.21. The summed E-state index contributed by atoms with van der Waals surface area (Å²) in [7, 11) is 1.77. The van der Waals surface area contributed by atoms with Gasteiger partial charge in [0.15, 0.2) is 0 Å². The maximum Gasteiger partial charge on any atom is 0.250 e. The largest absolute Gasteiger partial charge is 0.354 e. The third-order valence-corrected chi connectivity index (χ3v) is 4.06. The van der Waals surface area contributed by atoms with Gasteiger partial charge in [-0.25, -0.2) is 9.97 Å². The fourth-order valence-corrected chi connectivity index (χ4v) is 2.69. The van der Waals surface area contributed by atoms with Crippen molar-refractivity contribution in [1.82, 2.24) is 19.4 Å². The van der Waals surface area contributed by atoms with Gasteiger partial charge in [-0.3, -0.25) is 9.69 Å². The standard InChI is InChI=1S/C16H21N5O/c1-13-9-15(18-12-17-13)21-7-5-20(6-8-21)11-14-3-4-19(2)16(22)10-14/h3-4,9-10,12H,5-8,11H2,1-2H3. The summed E-state index contributed by atoms with van der Waals surface area (Å²) in [6.45, 7) is 6.64. The molecule has 0 aliphatic carbocycles. The molecule has 1 aliphatic heterocycles. The van der Waals surface area contributed by atoms with Crippen LogP contribution in [0.4, 0.5) is 5.82 Å². The molecule has 0 N–H and O–H groups in total. The summed E-state index contributed by atoms with van der Waals surface area (Å²) in [4.78, 5) is 24.8. The first-order chi connectivity index (χ1) is 10.6. The van der Waals surface area contributed by atoms with E-state index in [9.17, 15) is 4.79 Å². The Morgan fingerprint density at radius 1 is 1.14 bits per heavy atom. The van der Waals surface area contributed by atoms with Gasteiger partial charge in [-0.2, -0.15) is 0 Å². The Labute approximate surface area is 130 Å². The third kappa shape index (κ3) is 3.33. The zero-order chi connectivity index (χ0) is 15.5. The van der Waals surface area contributed by atoms with Crippen molar-refractivity contribution < 1.29 is 0 Å². The van der Waals surface area contributed by atoms with E-state index in [4.69, 9.17) is 0 Å². The van der Waals surface area contributed by atoms with E-state index >= 15 is 0 Å². The minimum atomic E-state index is 0.0487. The van der Waals surface area contributed by atoms with E-state index in [0.29, 0.717) is 0 Å². The molecular weight excluding hydrogens is 278 g/mol. The molecule has 3 rings (SSSR count). The summed E-state index contributed by atoms with van der Waals surface area (Å²) in [6.07, 6.45) is 3.45. The molecule has 0 saturated carbocycles. The van der Waals surface area contributed by atoms with Crippen LogP contribution in [0.1, 0.15) is 11.3 Å². The molecule has 0 radical (unpaired) electrons. The molecule has 0 unspecified atom stereocenters. The molecule has 116 valence electrons. The molecule has 2 aromatic rings. The molecule has 0 atom stereocenters. The molecule has 2 aromatic heterocycles. The molecule has 1 fully saturated rings. The van der Waals surface area contributed by atoms with Crippen molar-refractivity contribution in [2.75, 3.05) is 31.1 Å². The van der Waals surface area contributed by atoms with Gasteiger partial charge in [0.25, 0.3) is 5.56 Å². The number of rotatable bonds is 3. The molecule has 1 aliphatic rings. The van der Waals surface area contributed by atoms with Gasteiger partial charge in [-0.05, 0) is 18.6 Å². The van der Waals surface area contributed by atoms with E-state index in [1.165, 1.54) is 0 Å². The molecule has 6 heteroatoms. The van der Waals surface area contributed by atoms with Gasteiger partial charge < -0.3 is 9.47 Å². The fraction of sp³-hybridized carbons (Fsp3) is 0.438. The Bertz CT molecular complexity index is 704. The monoisotopic (exact) mass is 299 g/mol. The van der Waals surface area contributed by atoms with Crippen molar-refractivity contribution in [2.24, 2.45) is 7.05 Å². The Morgan fingerprint density at radius 2 is 1.91 bits per heavy atom. The molecule has 6 nitrogen and oxygen atoms in total. The van der Waals surface area contributed by atoms with Crippen molar-refractivity contribution in [2.45, 2.75) is 13.5 Å². The second kappa shape index (κ2) is 6.27. The zero-order valence-corrected chi connectivity index (χ0v) is 13.1.